The SMILES string of the molecule is CCCCOc1ccc(C(=O)NC(=S)Nc2cc(C)c(O)c(-c3nc4cc(CC)ccc4o3)c2)cc1. The van der Waals surface area contributed by atoms with Crippen molar-refractivity contribution in [3.05, 3.63) is 71.3 Å². The Morgan fingerprint density at radius 3 is 2.61 bits per heavy atom. The maximum atomic E-state index is 12.6. The first-order valence-corrected chi connectivity index (χ1v) is 12.4. The molecule has 186 valence electrons. The third-order valence-electron chi connectivity index (χ3n) is 5.76. The number of hydrogen-bond donors (Lipinski definition) is 3. The van der Waals surface area contributed by atoms with Crippen molar-refractivity contribution in [2.45, 2.75) is 40.0 Å². The number of rotatable bonds is 8. The monoisotopic (exact) mass is 503 g/mol. The molecule has 4 aromatic rings. The molecule has 8 heteroatoms. The molecule has 0 fully saturated rings. The number of aryl methyl sites for hydroxylation is 2. The van der Waals surface area contributed by atoms with Crippen LogP contribution in [0.25, 0.3) is 22.6 Å². The number of phenolic OH excluding ortho intramolecular Hbond substituents is 1. The highest BCUT2D eigenvalue weighted by Gasteiger charge is 2.17. The van der Waals surface area contributed by atoms with Gasteiger partial charge in [-0.3, -0.25) is 10.1 Å². The van der Waals surface area contributed by atoms with Crippen LogP contribution >= 0.6 is 12.2 Å². The minimum atomic E-state index is -0.339. The lowest BCUT2D eigenvalue weighted by Gasteiger charge is -2.13. The zero-order chi connectivity index (χ0) is 25.7. The van der Waals surface area contributed by atoms with Gasteiger partial charge in [0.05, 0.1) is 12.2 Å². The Kier molecular flexibility index (Phi) is 7.85. The number of benzene rings is 3. The first kappa shape index (κ1) is 25.2. The van der Waals surface area contributed by atoms with Gasteiger partial charge in [0.1, 0.15) is 17.0 Å². The topological polar surface area (TPSA) is 96.6 Å². The third kappa shape index (κ3) is 5.83. The van der Waals surface area contributed by atoms with Crippen molar-refractivity contribution >= 4 is 40.0 Å². The Balaban J connectivity index is 1.47. The van der Waals surface area contributed by atoms with Gasteiger partial charge in [-0.2, -0.15) is 0 Å². The molecule has 1 heterocycles. The molecule has 0 spiro atoms. The number of anilines is 1. The van der Waals surface area contributed by atoms with E-state index in [1.54, 1.807) is 43.3 Å². The van der Waals surface area contributed by atoms with Crippen LogP contribution in [0.5, 0.6) is 11.5 Å². The second-order valence-corrected chi connectivity index (χ2v) is 8.91. The number of carbonyl (C=O) groups excluding carboxylic acids is 1. The number of phenols is 1. The van der Waals surface area contributed by atoms with E-state index in [0.717, 1.165) is 36.1 Å². The summed E-state index contributed by atoms with van der Waals surface area (Å²) in [4.78, 5) is 17.2. The molecule has 4 rings (SSSR count). The predicted octanol–water partition coefficient (Wildman–Crippen LogP) is 6.38. The zero-order valence-electron chi connectivity index (χ0n) is 20.6. The van der Waals surface area contributed by atoms with Crippen LogP contribution in [0.2, 0.25) is 0 Å². The lowest BCUT2D eigenvalue weighted by atomic mass is 10.1. The summed E-state index contributed by atoms with van der Waals surface area (Å²) in [6.45, 7) is 6.60. The lowest BCUT2D eigenvalue weighted by Crippen LogP contribution is -2.34. The predicted molar refractivity (Wildman–Crippen MR) is 146 cm³/mol. The molecule has 0 saturated heterocycles. The molecule has 1 aromatic heterocycles. The largest absolute Gasteiger partial charge is 0.507 e. The summed E-state index contributed by atoms with van der Waals surface area (Å²) in [5, 5.41) is 16.5. The zero-order valence-corrected chi connectivity index (χ0v) is 21.4. The van der Waals surface area contributed by atoms with Crippen molar-refractivity contribution in [1.82, 2.24) is 10.3 Å². The van der Waals surface area contributed by atoms with Gasteiger partial charge in [0.15, 0.2) is 10.7 Å². The van der Waals surface area contributed by atoms with Crippen LogP contribution in [0.15, 0.2) is 59.0 Å². The summed E-state index contributed by atoms with van der Waals surface area (Å²) in [6.07, 6.45) is 2.93. The summed E-state index contributed by atoms with van der Waals surface area (Å²) in [5.41, 5.74) is 4.60. The van der Waals surface area contributed by atoms with E-state index in [0.29, 0.717) is 40.5 Å². The van der Waals surface area contributed by atoms with Gasteiger partial charge >= 0.3 is 0 Å². The lowest BCUT2D eigenvalue weighted by molar-refractivity contribution is 0.0977. The Morgan fingerprint density at radius 2 is 1.89 bits per heavy atom. The second-order valence-electron chi connectivity index (χ2n) is 8.50. The summed E-state index contributed by atoms with van der Waals surface area (Å²) in [6, 6.07) is 16.2. The fourth-order valence-corrected chi connectivity index (χ4v) is 3.91. The van der Waals surface area contributed by atoms with E-state index >= 15 is 0 Å². The minimum absolute atomic E-state index is 0.0685. The van der Waals surface area contributed by atoms with E-state index in [1.165, 1.54) is 0 Å². The molecule has 0 radical (unpaired) electrons. The fourth-order valence-electron chi connectivity index (χ4n) is 3.70. The molecular weight excluding hydrogens is 474 g/mol. The summed E-state index contributed by atoms with van der Waals surface area (Å²) in [5.74, 6) is 0.754. The molecule has 0 saturated carbocycles. The standard InChI is InChI=1S/C28H29N3O4S/c1-4-6-13-34-21-10-8-19(9-11-21)26(33)31-28(36)29-20-14-17(3)25(32)22(16-20)27-30-23-15-18(5-2)7-12-24(23)35-27/h7-12,14-16,32H,4-6,13H2,1-3H3,(H2,29,31,33,36). The first-order chi connectivity index (χ1) is 17.4. The molecule has 0 aliphatic carbocycles. The highest BCUT2D eigenvalue weighted by atomic mass is 32.1. The summed E-state index contributed by atoms with van der Waals surface area (Å²) in [7, 11) is 0. The van der Waals surface area contributed by atoms with Crippen LogP contribution in [-0.2, 0) is 6.42 Å². The second kappa shape index (κ2) is 11.2. The average molecular weight is 504 g/mol. The van der Waals surface area contributed by atoms with Gasteiger partial charge in [0.2, 0.25) is 5.89 Å². The van der Waals surface area contributed by atoms with Crippen molar-refractivity contribution in [2.75, 3.05) is 11.9 Å². The van der Waals surface area contributed by atoms with Gasteiger partial charge in [-0.1, -0.05) is 26.3 Å². The molecule has 0 bridgehead atoms. The number of fused-ring (bicyclic) bond motifs is 1. The average Bonchev–Trinajstić information content (AvgIpc) is 3.29. The summed E-state index contributed by atoms with van der Waals surface area (Å²) < 4.78 is 11.5. The molecule has 0 aliphatic rings. The number of amides is 1. The number of aromatic hydroxyl groups is 1. The fraction of sp³-hybridized carbons (Fsp3) is 0.250. The number of oxazole rings is 1. The van der Waals surface area contributed by atoms with Crippen LogP contribution < -0.4 is 15.4 Å². The maximum Gasteiger partial charge on any atom is 0.257 e. The van der Waals surface area contributed by atoms with E-state index in [4.69, 9.17) is 21.4 Å². The molecule has 7 nitrogen and oxygen atoms in total. The quantitative estimate of drug-likeness (QED) is 0.146. The van der Waals surface area contributed by atoms with Crippen molar-refractivity contribution < 1.29 is 19.1 Å². The van der Waals surface area contributed by atoms with Crippen LogP contribution in [0.3, 0.4) is 0 Å². The molecule has 36 heavy (non-hydrogen) atoms. The van der Waals surface area contributed by atoms with Crippen molar-refractivity contribution in [3.63, 3.8) is 0 Å². The van der Waals surface area contributed by atoms with E-state index in [2.05, 4.69) is 29.5 Å². The Bertz CT molecular complexity index is 1400. The maximum absolute atomic E-state index is 12.6. The van der Waals surface area contributed by atoms with E-state index < -0.39 is 0 Å². The molecule has 3 aromatic carbocycles. The number of nitrogens with one attached hydrogen (secondary N) is 2. The number of aromatic nitrogens is 1. The van der Waals surface area contributed by atoms with E-state index in [1.807, 2.05) is 18.2 Å². The first-order valence-electron chi connectivity index (χ1n) is 12.0. The van der Waals surface area contributed by atoms with Gasteiger partial charge in [-0.25, -0.2) is 4.98 Å². The molecule has 0 aliphatic heterocycles. The van der Waals surface area contributed by atoms with Crippen LogP contribution in [0.1, 0.15) is 48.2 Å². The Labute approximate surface area is 215 Å². The van der Waals surface area contributed by atoms with Crippen LogP contribution in [-0.4, -0.2) is 27.7 Å². The molecular formula is C28H29N3O4S. The number of unbranched alkanes of at least 4 members (excludes halogenated alkanes) is 1. The third-order valence-corrected chi connectivity index (χ3v) is 5.96. The number of hydrogen-bond acceptors (Lipinski definition) is 6. The molecule has 3 N–H and O–H groups in total. The van der Waals surface area contributed by atoms with Crippen molar-refractivity contribution in [1.29, 1.82) is 0 Å². The highest BCUT2D eigenvalue weighted by molar-refractivity contribution is 7.80. The number of thiocarbonyl (C=S) groups is 1. The summed E-state index contributed by atoms with van der Waals surface area (Å²) >= 11 is 5.36. The Hall–Kier alpha value is -3.91. The number of nitrogens with zero attached hydrogens (tertiary/aromatic N) is 1. The van der Waals surface area contributed by atoms with Gasteiger partial charge in [-0.05, 0) is 91.6 Å². The highest BCUT2D eigenvalue weighted by Crippen LogP contribution is 2.36. The van der Waals surface area contributed by atoms with Crippen molar-refractivity contribution in [2.24, 2.45) is 0 Å². The smallest absolute Gasteiger partial charge is 0.257 e. The Morgan fingerprint density at radius 1 is 1.11 bits per heavy atom. The van der Waals surface area contributed by atoms with Gasteiger partial charge < -0.3 is 19.6 Å². The van der Waals surface area contributed by atoms with Gasteiger partial charge in [0.25, 0.3) is 5.91 Å². The molecule has 1 amide bonds. The number of carbonyl (C=O) groups is 1. The normalized spacial score (nSPS) is 10.9. The molecule has 0 unspecified atom stereocenters. The van der Waals surface area contributed by atoms with E-state index in [9.17, 15) is 9.90 Å². The van der Waals surface area contributed by atoms with Crippen LogP contribution in [0.4, 0.5) is 5.69 Å². The van der Waals surface area contributed by atoms with Gasteiger partial charge in [-0.15, -0.1) is 0 Å². The molecule has 0 atom stereocenters. The van der Waals surface area contributed by atoms with Crippen LogP contribution in [0, 0.1) is 6.92 Å². The van der Waals surface area contributed by atoms with E-state index in [-0.39, 0.29) is 16.8 Å². The van der Waals surface area contributed by atoms with Crippen molar-refractivity contribution in [3.8, 4) is 23.0 Å². The van der Waals surface area contributed by atoms with Gasteiger partial charge in [0, 0.05) is 11.3 Å². The number of ether oxygens (including phenoxy) is 1. The minimum Gasteiger partial charge on any atom is -0.507 e.